The van der Waals surface area contributed by atoms with Crippen molar-refractivity contribution in [3.63, 3.8) is 0 Å². The molecule has 14 heavy (non-hydrogen) atoms. The van der Waals surface area contributed by atoms with Gasteiger partial charge in [-0.15, -0.1) is 0 Å². The maximum atomic E-state index is 4.30. The fourth-order valence-corrected chi connectivity index (χ4v) is 1.89. The Morgan fingerprint density at radius 3 is 2.50 bits per heavy atom. The second-order valence-electron chi connectivity index (χ2n) is 2.53. The third kappa shape index (κ3) is 3.42. The van der Waals surface area contributed by atoms with E-state index in [1.165, 1.54) is 4.90 Å². The summed E-state index contributed by atoms with van der Waals surface area (Å²) in [5.74, 6) is 0. The van der Waals surface area contributed by atoms with Gasteiger partial charge in [-0.25, -0.2) is 0 Å². The first kappa shape index (κ1) is 11.1. The van der Waals surface area contributed by atoms with Crippen LogP contribution >= 0.6 is 11.8 Å². The molecular formula is C11H16N2S. The lowest BCUT2D eigenvalue weighted by Crippen LogP contribution is -2.14. The summed E-state index contributed by atoms with van der Waals surface area (Å²) >= 11 is 1.69. The molecule has 76 valence electrons. The SMILES string of the molecule is CC.c1ccc(SC2=NCCN2)cc1. The normalized spacial score (nSPS) is 13.7. The van der Waals surface area contributed by atoms with E-state index in [1.807, 2.05) is 32.0 Å². The number of amidine groups is 1. The Morgan fingerprint density at radius 2 is 1.93 bits per heavy atom. The van der Waals surface area contributed by atoms with Crippen LogP contribution in [-0.4, -0.2) is 18.3 Å². The molecule has 2 rings (SSSR count). The molecule has 1 aliphatic heterocycles. The molecule has 3 heteroatoms. The van der Waals surface area contributed by atoms with Gasteiger partial charge in [0.15, 0.2) is 5.17 Å². The molecule has 1 aliphatic rings. The van der Waals surface area contributed by atoms with Gasteiger partial charge in [0, 0.05) is 11.4 Å². The Kier molecular flexibility index (Phi) is 5.15. The van der Waals surface area contributed by atoms with E-state index in [2.05, 4.69) is 22.4 Å². The molecule has 1 aromatic carbocycles. The number of nitrogens with one attached hydrogen (secondary N) is 1. The predicted molar refractivity (Wildman–Crippen MR) is 64.0 cm³/mol. The second-order valence-corrected chi connectivity index (χ2v) is 3.59. The standard InChI is InChI=1S/C9H10N2S.C2H6/c1-2-4-8(5-3-1)12-9-10-6-7-11-9;1-2/h1-5H,6-7H2,(H,10,11);1-2H3. The minimum absolute atomic E-state index is 0.912. The van der Waals surface area contributed by atoms with Crippen LogP contribution in [0.4, 0.5) is 0 Å². The van der Waals surface area contributed by atoms with Crippen LogP contribution in [0.3, 0.4) is 0 Å². The Bertz CT molecular complexity index is 283. The Hall–Kier alpha value is -0.960. The van der Waals surface area contributed by atoms with Gasteiger partial charge < -0.3 is 5.32 Å². The average Bonchev–Trinajstić information content (AvgIpc) is 2.75. The van der Waals surface area contributed by atoms with Gasteiger partial charge in [-0.1, -0.05) is 43.8 Å². The van der Waals surface area contributed by atoms with E-state index in [4.69, 9.17) is 0 Å². The first-order valence-corrected chi connectivity index (χ1v) is 5.78. The summed E-state index contributed by atoms with van der Waals surface area (Å²) in [6, 6.07) is 10.3. The highest BCUT2D eigenvalue weighted by molar-refractivity contribution is 8.13. The molecule has 0 aromatic heterocycles. The molecule has 0 spiro atoms. The van der Waals surface area contributed by atoms with Gasteiger partial charge >= 0.3 is 0 Å². The Labute approximate surface area is 89.8 Å². The van der Waals surface area contributed by atoms with Crippen LogP contribution in [0.5, 0.6) is 0 Å². The maximum absolute atomic E-state index is 4.30. The molecule has 1 aromatic rings. The highest BCUT2D eigenvalue weighted by Gasteiger charge is 2.05. The molecule has 0 saturated heterocycles. The van der Waals surface area contributed by atoms with Gasteiger partial charge in [-0.05, 0) is 12.1 Å². The summed E-state index contributed by atoms with van der Waals surface area (Å²) in [6.07, 6.45) is 0. The number of thioether (sulfide) groups is 1. The van der Waals surface area contributed by atoms with Crippen LogP contribution in [-0.2, 0) is 0 Å². The van der Waals surface area contributed by atoms with Crippen LogP contribution in [0.2, 0.25) is 0 Å². The number of aliphatic imine (C=N–C) groups is 1. The maximum Gasteiger partial charge on any atom is 0.161 e. The van der Waals surface area contributed by atoms with Crippen LogP contribution in [0, 0.1) is 0 Å². The quantitative estimate of drug-likeness (QED) is 0.767. The molecule has 1 heterocycles. The monoisotopic (exact) mass is 208 g/mol. The molecule has 0 fully saturated rings. The van der Waals surface area contributed by atoms with Crippen molar-refractivity contribution < 1.29 is 0 Å². The minimum Gasteiger partial charge on any atom is -0.363 e. The van der Waals surface area contributed by atoms with Crippen molar-refractivity contribution in [1.82, 2.24) is 5.32 Å². The third-order valence-electron chi connectivity index (χ3n) is 1.60. The van der Waals surface area contributed by atoms with Crippen molar-refractivity contribution >= 4 is 16.9 Å². The van der Waals surface area contributed by atoms with Crippen molar-refractivity contribution in [3.05, 3.63) is 30.3 Å². The van der Waals surface area contributed by atoms with Crippen molar-refractivity contribution in [1.29, 1.82) is 0 Å². The van der Waals surface area contributed by atoms with Gasteiger partial charge in [-0.2, -0.15) is 0 Å². The molecule has 0 radical (unpaired) electrons. The highest BCUT2D eigenvalue weighted by atomic mass is 32.2. The lowest BCUT2D eigenvalue weighted by atomic mass is 10.4. The number of hydrogen-bond donors (Lipinski definition) is 1. The van der Waals surface area contributed by atoms with E-state index in [1.54, 1.807) is 11.8 Å². The number of nitrogens with zero attached hydrogens (tertiary/aromatic N) is 1. The Balaban J connectivity index is 0.000000461. The van der Waals surface area contributed by atoms with E-state index in [0.29, 0.717) is 0 Å². The van der Waals surface area contributed by atoms with Crippen molar-refractivity contribution in [2.24, 2.45) is 4.99 Å². The minimum atomic E-state index is 0.912. The first-order valence-electron chi connectivity index (χ1n) is 4.96. The molecule has 0 atom stereocenters. The third-order valence-corrected chi connectivity index (χ3v) is 2.58. The van der Waals surface area contributed by atoms with Crippen LogP contribution < -0.4 is 5.32 Å². The van der Waals surface area contributed by atoms with Crippen LogP contribution in [0.15, 0.2) is 40.2 Å². The summed E-state index contributed by atoms with van der Waals surface area (Å²) in [7, 11) is 0. The molecular weight excluding hydrogens is 192 g/mol. The van der Waals surface area contributed by atoms with Crippen LogP contribution in [0.1, 0.15) is 13.8 Å². The van der Waals surface area contributed by atoms with Gasteiger partial charge in [0.2, 0.25) is 0 Å². The molecule has 2 nitrogen and oxygen atoms in total. The average molecular weight is 208 g/mol. The van der Waals surface area contributed by atoms with Gasteiger partial charge in [-0.3, -0.25) is 4.99 Å². The zero-order valence-corrected chi connectivity index (χ0v) is 9.47. The van der Waals surface area contributed by atoms with E-state index in [9.17, 15) is 0 Å². The summed E-state index contributed by atoms with van der Waals surface area (Å²) in [4.78, 5) is 5.54. The van der Waals surface area contributed by atoms with E-state index >= 15 is 0 Å². The molecule has 0 bridgehead atoms. The van der Waals surface area contributed by atoms with E-state index in [0.717, 1.165) is 18.3 Å². The fraction of sp³-hybridized carbons (Fsp3) is 0.364. The number of hydrogen-bond acceptors (Lipinski definition) is 3. The van der Waals surface area contributed by atoms with Crippen molar-refractivity contribution in [2.45, 2.75) is 18.7 Å². The summed E-state index contributed by atoms with van der Waals surface area (Å²) in [5, 5.41) is 4.26. The van der Waals surface area contributed by atoms with Gasteiger partial charge in [0.05, 0.1) is 6.54 Å². The zero-order chi connectivity index (χ0) is 10.2. The molecule has 0 amide bonds. The number of benzene rings is 1. The molecule has 0 aliphatic carbocycles. The molecule has 1 N–H and O–H groups in total. The predicted octanol–water partition coefficient (Wildman–Crippen LogP) is 2.76. The summed E-state index contributed by atoms with van der Waals surface area (Å²) in [6.45, 7) is 5.89. The zero-order valence-electron chi connectivity index (χ0n) is 8.66. The van der Waals surface area contributed by atoms with Crippen molar-refractivity contribution in [3.8, 4) is 0 Å². The van der Waals surface area contributed by atoms with Gasteiger partial charge in [0.25, 0.3) is 0 Å². The smallest absolute Gasteiger partial charge is 0.161 e. The highest BCUT2D eigenvalue weighted by Crippen LogP contribution is 2.18. The summed E-state index contributed by atoms with van der Waals surface area (Å²) < 4.78 is 0. The Morgan fingerprint density at radius 1 is 1.21 bits per heavy atom. The van der Waals surface area contributed by atoms with E-state index < -0.39 is 0 Å². The lowest BCUT2D eigenvalue weighted by Gasteiger charge is -2.00. The molecule has 0 unspecified atom stereocenters. The van der Waals surface area contributed by atoms with Crippen molar-refractivity contribution in [2.75, 3.05) is 13.1 Å². The molecule has 0 saturated carbocycles. The van der Waals surface area contributed by atoms with Crippen LogP contribution in [0.25, 0.3) is 0 Å². The number of rotatable bonds is 1. The topological polar surface area (TPSA) is 24.4 Å². The van der Waals surface area contributed by atoms with Gasteiger partial charge in [0.1, 0.15) is 0 Å². The van der Waals surface area contributed by atoms with E-state index in [-0.39, 0.29) is 0 Å². The second kappa shape index (κ2) is 6.49. The lowest BCUT2D eigenvalue weighted by molar-refractivity contribution is 0.963. The summed E-state index contributed by atoms with van der Waals surface area (Å²) in [5.41, 5.74) is 0. The fourth-order valence-electron chi connectivity index (χ4n) is 1.04. The largest absolute Gasteiger partial charge is 0.363 e. The first-order chi connectivity index (χ1) is 6.95.